The van der Waals surface area contributed by atoms with Crippen molar-refractivity contribution in [2.45, 2.75) is 6.10 Å². The number of nitrogens with zero attached hydrogens (tertiary/aromatic N) is 1. The summed E-state index contributed by atoms with van der Waals surface area (Å²) in [6, 6.07) is 7.47. The smallest absolute Gasteiger partial charge is 0.237 e. The predicted molar refractivity (Wildman–Crippen MR) is 64.7 cm³/mol. The third-order valence-electron chi connectivity index (χ3n) is 2.68. The van der Waals surface area contributed by atoms with Crippen molar-refractivity contribution in [3.05, 3.63) is 24.3 Å². The van der Waals surface area contributed by atoms with Gasteiger partial charge in [-0.05, 0) is 12.1 Å². The van der Waals surface area contributed by atoms with Crippen molar-refractivity contribution < 1.29 is 14.3 Å². The summed E-state index contributed by atoms with van der Waals surface area (Å²) in [5.41, 5.74) is 0. The molecule has 1 amide bonds. The van der Waals surface area contributed by atoms with Gasteiger partial charge < -0.3 is 14.4 Å². The minimum absolute atomic E-state index is 0.0264. The predicted octanol–water partition coefficient (Wildman–Crippen LogP) is 1.52. The van der Waals surface area contributed by atoms with Crippen molar-refractivity contribution in [2.24, 2.45) is 0 Å². The Morgan fingerprint density at radius 3 is 2.65 bits per heavy atom. The lowest BCUT2D eigenvalue weighted by atomic mass is 10.1. The van der Waals surface area contributed by atoms with Crippen LogP contribution in [0.3, 0.4) is 0 Å². The Labute approximate surface area is 105 Å². The van der Waals surface area contributed by atoms with Gasteiger partial charge in [-0.1, -0.05) is 12.1 Å². The molecule has 4 nitrogen and oxygen atoms in total. The third-order valence-corrected chi connectivity index (χ3v) is 2.91. The Morgan fingerprint density at radius 2 is 2.06 bits per heavy atom. The van der Waals surface area contributed by atoms with E-state index in [1.165, 1.54) is 0 Å². The molecule has 1 fully saturated rings. The van der Waals surface area contributed by atoms with Gasteiger partial charge in [-0.2, -0.15) is 0 Å². The molecular weight excluding hydrogens is 242 g/mol. The van der Waals surface area contributed by atoms with Crippen LogP contribution in [0.5, 0.6) is 11.5 Å². The fourth-order valence-corrected chi connectivity index (χ4v) is 1.87. The number of hydrogen-bond donors (Lipinski definition) is 0. The summed E-state index contributed by atoms with van der Waals surface area (Å²) in [5.74, 6) is 1.39. The van der Waals surface area contributed by atoms with E-state index in [0.29, 0.717) is 24.6 Å². The average molecular weight is 256 g/mol. The number of carbonyl (C=O) groups is 1. The largest absolute Gasteiger partial charge is 0.493 e. The summed E-state index contributed by atoms with van der Waals surface area (Å²) in [5, 5.41) is 0. The lowest BCUT2D eigenvalue weighted by Crippen LogP contribution is -2.56. The molecule has 92 valence electrons. The van der Waals surface area contributed by atoms with Crippen LogP contribution in [0.1, 0.15) is 0 Å². The Balaban J connectivity index is 1.89. The van der Waals surface area contributed by atoms with Crippen molar-refractivity contribution in [1.29, 1.82) is 0 Å². The van der Waals surface area contributed by atoms with E-state index in [1.807, 2.05) is 24.3 Å². The summed E-state index contributed by atoms with van der Waals surface area (Å²) in [6.07, 6.45) is 0.0264. The molecule has 0 bridgehead atoms. The van der Waals surface area contributed by atoms with Crippen molar-refractivity contribution >= 4 is 17.5 Å². The first-order chi connectivity index (χ1) is 8.24. The molecule has 1 aliphatic heterocycles. The van der Waals surface area contributed by atoms with Gasteiger partial charge >= 0.3 is 0 Å². The first kappa shape index (κ1) is 12.0. The quantitative estimate of drug-likeness (QED) is 0.766. The summed E-state index contributed by atoms with van der Waals surface area (Å²) in [6.45, 7) is 1.17. The van der Waals surface area contributed by atoms with Gasteiger partial charge in [0.05, 0.1) is 20.2 Å². The third kappa shape index (κ3) is 2.64. The van der Waals surface area contributed by atoms with Crippen LogP contribution in [0.25, 0.3) is 0 Å². The Morgan fingerprint density at radius 1 is 1.41 bits per heavy atom. The molecule has 5 heteroatoms. The van der Waals surface area contributed by atoms with Crippen LogP contribution in [-0.4, -0.2) is 43.0 Å². The molecule has 0 unspecified atom stereocenters. The van der Waals surface area contributed by atoms with Gasteiger partial charge in [-0.15, -0.1) is 11.6 Å². The van der Waals surface area contributed by atoms with Gasteiger partial charge in [0, 0.05) is 0 Å². The number of amides is 1. The second kappa shape index (κ2) is 5.27. The highest BCUT2D eigenvalue weighted by Gasteiger charge is 2.32. The highest BCUT2D eigenvalue weighted by molar-refractivity contribution is 6.27. The molecule has 0 N–H and O–H groups in total. The van der Waals surface area contributed by atoms with E-state index in [1.54, 1.807) is 12.0 Å². The van der Waals surface area contributed by atoms with Gasteiger partial charge in [0.2, 0.25) is 5.91 Å². The number of rotatable bonds is 4. The van der Waals surface area contributed by atoms with E-state index >= 15 is 0 Å². The monoisotopic (exact) mass is 255 g/mol. The second-order valence-corrected chi connectivity index (χ2v) is 4.09. The molecule has 0 radical (unpaired) electrons. The highest BCUT2D eigenvalue weighted by Crippen LogP contribution is 2.28. The van der Waals surface area contributed by atoms with E-state index in [0.717, 1.165) is 0 Å². The Bertz CT molecular complexity index is 404. The zero-order chi connectivity index (χ0) is 12.3. The van der Waals surface area contributed by atoms with Gasteiger partial charge in [0.1, 0.15) is 12.0 Å². The molecule has 0 spiro atoms. The second-order valence-electron chi connectivity index (χ2n) is 3.82. The highest BCUT2D eigenvalue weighted by atomic mass is 35.5. The molecule has 0 saturated carbocycles. The normalized spacial score (nSPS) is 15.3. The zero-order valence-corrected chi connectivity index (χ0v) is 10.3. The van der Waals surface area contributed by atoms with Crippen molar-refractivity contribution in [3.8, 4) is 11.5 Å². The fraction of sp³-hybridized carbons (Fsp3) is 0.417. The van der Waals surface area contributed by atoms with Crippen LogP contribution >= 0.6 is 11.6 Å². The summed E-state index contributed by atoms with van der Waals surface area (Å²) in [4.78, 5) is 12.9. The fourth-order valence-electron chi connectivity index (χ4n) is 1.70. The van der Waals surface area contributed by atoms with Crippen molar-refractivity contribution in [1.82, 2.24) is 4.90 Å². The molecule has 0 atom stereocenters. The lowest BCUT2D eigenvalue weighted by molar-refractivity contribution is -0.137. The molecule has 1 aromatic carbocycles. The van der Waals surface area contributed by atoms with Crippen LogP contribution in [-0.2, 0) is 4.79 Å². The SMILES string of the molecule is COc1ccccc1OC1CN(C(=O)CCl)C1. The number of benzene rings is 1. The number of alkyl halides is 1. The zero-order valence-electron chi connectivity index (χ0n) is 9.56. The van der Waals surface area contributed by atoms with E-state index in [2.05, 4.69) is 0 Å². The van der Waals surface area contributed by atoms with Crippen molar-refractivity contribution in [2.75, 3.05) is 26.1 Å². The average Bonchev–Trinajstić information content (AvgIpc) is 2.32. The molecule has 1 saturated heterocycles. The lowest BCUT2D eigenvalue weighted by Gasteiger charge is -2.38. The van der Waals surface area contributed by atoms with E-state index in [-0.39, 0.29) is 17.9 Å². The van der Waals surface area contributed by atoms with Crippen LogP contribution in [0, 0.1) is 0 Å². The first-order valence-electron chi connectivity index (χ1n) is 5.38. The number of hydrogen-bond acceptors (Lipinski definition) is 3. The standard InChI is InChI=1S/C12H14ClNO3/c1-16-10-4-2-3-5-11(10)17-9-7-14(8-9)12(15)6-13/h2-5,9H,6-8H2,1H3. The number of likely N-dealkylation sites (tertiary alicyclic amines) is 1. The van der Waals surface area contributed by atoms with E-state index < -0.39 is 0 Å². The molecule has 1 aliphatic rings. The number of ether oxygens (including phenoxy) is 2. The Kier molecular flexibility index (Phi) is 3.74. The summed E-state index contributed by atoms with van der Waals surface area (Å²) < 4.78 is 10.9. The Hall–Kier alpha value is -1.42. The van der Waals surface area contributed by atoms with Crippen molar-refractivity contribution in [3.63, 3.8) is 0 Å². The number of carbonyl (C=O) groups excluding carboxylic acids is 1. The van der Waals surface area contributed by atoms with E-state index in [9.17, 15) is 4.79 Å². The van der Waals surface area contributed by atoms with E-state index in [4.69, 9.17) is 21.1 Å². The maximum Gasteiger partial charge on any atom is 0.237 e. The molecule has 1 heterocycles. The van der Waals surface area contributed by atoms with Gasteiger partial charge in [0.25, 0.3) is 0 Å². The van der Waals surface area contributed by atoms with Crippen LogP contribution < -0.4 is 9.47 Å². The van der Waals surface area contributed by atoms with Crippen LogP contribution in [0.15, 0.2) is 24.3 Å². The van der Waals surface area contributed by atoms with Crippen LogP contribution in [0.4, 0.5) is 0 Å². The molecule has 2 rings (SSSR count). The topological polar surface area (TPSA) is 38.8 Å². The van der Waals surface area contributed by atoms with Crippen LogP contribution in [0.2, 0.25) is 0 Å². The molecular formula is C12H14ClNO3. The first-order valence-corrected chi connectivity index (χ1v) is 5.91. The molecule has 0 aliphatic carbocycles. The molecule has 1 aromatic rings. The van der Waals surface area contributed by atoms with Gasteiger partial charge in [0.15, 0.2) is 11.5 Å². The number of para-hydroxylation sites is 2. The number of halogens is 1. The molecule has 17 heavy (non-hydrogen) atoms. The minimum atomic E-state index is -0.0495. The summed E-state index contributed by atoms with van der Waals surface area (Å²) >= 11 is 5.46. The molecule has 0 aromatic heterocycles. The summed E-state index contributed by atoms with van der Waals surface area (Å²) in [7, 11) is 1.60. The van der Waals surface area contributed by atoms with Gasteiger partial charge in [-0.25, -0.2) is 0 Å². The number of methoxy groups -OCH3 is 1. The maximum absolute atomic E-state index is 11.2. The van der Waals surface area contributed by atoms with Gasteiger partial charge in [-0.3, -0.25) is 4.79 Å². The minimum Gasteiger partial charge on any atom is -0.493 e. The maximum atomic E-state index is 11.2.